The number of fused-ring (bicyclic) bond motifs is 1. The molecule has 6 nitrogen and oxygen atoms in total. The van der Waals surface area contributed by atoms with Gasteiger partial charge in [-0.1, -0.05) is 30.3 Å². The van der Waals surface area contributed by atoms with Gasteiger partial charge in [-0.15, -0.1) is 0 Å². The van der Waals surface area contributed by atoms with Crippen molar-refractivity contribution in [1.29, 1.82) is 0 Å². The van der Waals surface area contributed by atoms with Gasteiger partial charge in [0.2, 0.25) is 17.7 Å². The zero-order valence-corrected chi connectivity index (χ0v) is 15.0. The van der Waals surface area contributed by atoms with Crippen LogP contribution >= 0.6 is 0 Å². The number of piperazine rings is 1. The number of carbonyl (C=O) groups is 3. The molecule has 0 bridgehead atoms. The average Bonchev–Trinajstić information content (AvgIpc) is 3.46. The molecule has 2 heterocycles. The zero-order chi connectivity index (χ0) is 18.1. The van der Waals surface area contributed by atoms with Crippen LogP contribution in [0.15, 0.2) is 30.3 Å². The van der Waals surface area contributed by atoms with Crippen molar-refractivity contribution in [2.45, 2.75) is 38.3 Å². The van der Waals surface area contributed by atoms with Crippen LogP contribution in [0.4, 0.5) is 0 Å². The molecule has 1 saturated carbocycles. The number of rotatable bonds is 4. The van der Waals surface area contributed by atoms with Gasteiger partial charge in [0.25, 0.3) is 0 Å². The summed E-state index contributed by atoms with van der Waals surface area (Å²) < 4.78 is 0. The van der Waals surface area contributed by atoms with Crippen LogP contribution in [0, 0.1) is 5.92 Å². The van der Waals surface area contributed by atoms with Crippen molar-refractivity contribution in [3.63, 3.8) is 0 Å². The number of nitrogens with zero attached hydrogens (tertiary/aromatic N) is 3. The lowest BCUT2D eigenvalue weighted by atomic mass is 10.1. The molecule has 3 aliphatic rings. The van der Waals surface area contributed by atoms with Crippen LogP contribution in [0.2, 0.25) is 0 Å². The third-order valence-electron chi connectivity index (χ3n) is 5.63. The van der Waals surface area contributed by atoms with Crippen molar-refractivity contribution in [3.8, 4) is 0 Å². The molecule has 3 amide bonds. The Balaban J connectivity index is 1.43. The van der Waals surface area contributed by atoms with E-state index in [0.717, 1.165) is 18.4 Å². The van der Waals surface area contributed by atoms with Gasteiger partial charge in [0.1, 0.15) is 12.6 Å². The van der Waals surface area contributed by atoms with E-state index in [1.54, 1.807) is 9.80 Å². The van der Waals surface area contributed by atoms with Gasteiger partial charge in [-0.3, -0.25) is 14.4 Å². The topological polar surface area (TPSA) is 60.9 Å². The summed E-state index contributed by atoms with van der Waals surface area (Å²) in [4.78, 5) is 43.2. The van der Waals surface area contributed by atoms with Crippen molar-refractivity contribution in [1.82, 2.24) is 14.7 Å². The molecule has 26 heavy (non-hydrogen) atoms. The minimum absolute atomic E-state index is 0.00458. The fraction of sp³-hybridized carbons (Fsp3) is 0.550. The lowest BCUT2D eigenvalue weighted by Gasteiger charge is -2.39. The molecule has 2 aliphatic heterocycles. The number of amides is 3. The molecule has 2 saturated heterocycles. The standard InChI is InChI=1S/C20H25N3O3/c24-18(12-15-6-7-15)21-9-8-17-20(26)22(13-16-4-2-1-3-5-16)14-19(25)23(17)11-10-21/h1-5,15,17H,6-14H2. The Hall–Kier alpha value is -2.37. The van der Waals surface area contributed by atoms with Crippen molar-refractivity contribution >= 4 is 17.7 Å². The Kier molecular flexibility index (Phi) is 4.66. The van der Waals surface area contributed by atoms with E-state index in [-0.39, 0.29) is 24.3 Å². The molecule has 0 N–H and O–H groups in total. The van der Waals surface area contributed by atoms with Crippen molar-refractivity contribution in [2.24, 2.45) is 5.92 Å². The summed E-state index contributed by atoms with van der Waals surface area (Å²) >= 11 is 0. The van der Waals surface area contributed by atoms with Crippen LogP contribution in [0.25, 0.3) is 0 Å². The normalized spacial score (nSPS) is 23.7. The molecule has 3 fully saturated rings. The summed E-state index contributed by atoms with van der Waals surface area (Å²) in [5.74, 6) is 0.721. The first-order valence-electron chi connectivity index (χ1n) is 9.52. The van der Waals surface area contributed by atoms with E-state index >= 15 is 0 Å². The third kappa shape index (κ3) is 3.59. The summed E-state index contributed by atoms with van der Waals surface area (Å²) in [5, 5.41) is 0. The molecule has 1 aliphatic carbocycles. The van der Waals surface area contributed by atoms with Crippen molar-refractivity contribution < 1.29 is 14.4 Å². The Morgan fingerprint density at radius 1 is 1.00 bits per heavy atom. The van der Waals surface area contributed by atoms with Crippen LogP contribution < -0.4 is 0 Å². The molecular formula is C20H25N3O3. The molecule has 1 aromatic carbocycles. The summed E-state index contributed by atoms with van der Waals surface area (Å²) in [6, 6.07) is 9.32. The lowest BCUT2D eigenvalue weighted by molar-refractivity contribution is -0.156. The monoisotopic (exact) mass is 355 g/mol. The Morgan fingerprint density at radius 3 is 2.50 bits per heavy atom. The Labute approximate surface area is 153 Å². The minimum Gasteiger partial charge on any atom is -0.341 e. The molecule has 1 unspecified atom stereocenters. The first-order chi connectivity index (χ1) is 12.6. The van der Waals surface area contributed by atoms with E-state index in [1.807, 2.05) is 35.2 Å². The van der Waals surface area contributed by atoms with E-state index < -0.39 is 6.04 Å². The van der Waals surface area contributed by atoms with Crippen LogP contribution in [0.1, 0.15) is 31.2 Å². The van der Waals surface area contributed by atoms with E-state index in [9.17, 15) is 14.4 Å². The fourth-order valence-electron chi connectivity index (χ4n) is 3.91. The highest BCUT2D eigenvalue weighted by Gasteiger charge is 2.41. The summed E-state index contributed by atoms with van der Waals surface area (Å²) in [7, 11) is 0. The highest BCUT2D eigenvalue weighted by Crippen LogP contribution is 2.33. The van der Waals surface area contributed by atoms with Crippen LogP contribution in [-0.4, -0.2) is 64.6 Å². The van der Waals surface area contributed by atoms with E-state index in [1.165, 1.54) is 0 Å². The van der Waals surface area contributed by atoms with Gasteiger partial charge in [-0.05, 0) is 30.7 Å². The van der Waals surface area contributed by atoms with Gasteiger partial charge in [0, 0.05) is 32.6 Å². The highest BCUT2D eigenvalue weighted by molar-refractivity contribution is 5.95. The maximum atomic E-state index is 13.0. The second-order valence-corrected chi connectivity index (χ2v) is 7.60. The molecule has 0 aromatic heterocycles. The Bertz CT molecular complexity index is 702. The molecule has 4 rings (SSSR count). The van der Waals surface area contributed by atoms with Gasteiger partial charge < -0.3 is 14.7 Å². The molecule has 1 atom stereocenters. The molecule has 6 heteroatoms. The maximum absolute atomic E-state index is 13.0. The summed E-state index contributed by atoms with van der Waals surface area (Å²) in [6.45, 7) is 2.15. The van der Waals surface area contributed by atoms with Crippen molar-refractivity contribution in [3.05, 3.63) is 35.9 Å². The molecule has 0 radical (unpaired) electrons. The van der Waals surface area contributed by atoms with Crippen LogP contribution in [0.3, 0.4) is 0 Å². The predicted octanol–water partition coefficient (Wildman–Crippen LogP) is 1.26. The maximum Gasteiger partial charge on any atom is 0.246 e. The van der Waals surface area contributed by atoms with Gasteiger partial charge in [0.15, 0.2) is 0 Å². The number of hydrogen-bond acceptors (Lipinski definition) is 3. The Morgan fingerprint density at radius 2 is 1.77 bits per heavy atom. The predicted molar refractivity (Wildman–Crippen MR) is 95.9 cm³/mol. The quantitative estimate of drug-likeness (QED) is 0.817. The second kappa shape index (κ2) is 7.09. The second-order valence-electron chi connectivity index (χ2n) is 7.60. The number of carbonyl (C=O) groups excluding carboxylic acids is 3. The van der Waals surface area contributed by atoms with E-state index in [2.05, 4.69) is 0 Å². The molecular weight excluding hydrogens is 330 g/mol. The largest absolute Gasteiger partial charge is 0.341 e. The summed E-state index contributed by atoms with van der Waals surface area (Å²) in [6.07, 6.45) is 3.46. The SMILES string of the molecule is O=C(CC1CC1)N1CCC2C(=O)N(Cc3ccccc3)CC(=O)N2CC1. The van der Waals surface area contributed by atoms with Crippen molar-refractivity contribution in [2.75, 3.05) is 26.2 Å². The van der Waals surface area contributed by atoms with E-state index in [0.29, 0.717) is 44.9 Å². The molecule has 0 spiro atoms. The molecule has 1 aromatic rings. The van der Waals surface area contributed by atoms with E-state index in [4.69, 9.17) is 0 Å². The zero-order valence-electron chi connectivity index (χ0n) is 15.0. The highest BCUT2D eigenvalue weighted by atomic mass is 16.2. The third-order valence-corrected chi connectivity index (χ3v) is 5.63. The lowest BCUT2D eigenvalue weighted by Crippen LogP contribution is -2.59. The summed E-state index contributed by atoms with van der Waals surface area (Å²) in [5.41, 5.74) is 1.02. The minimum atomic E-state index is -0.432. The average molecular weight is 355 g/mol. The molecule has 138 valence electrons. The van der Waals surface area contributed by atoms with Crippen LogP contribution in [0.5, 0.6) is 0 Å². The first-order valence-corrected chi connectivity index (χ1v) is 9.52. The van der Waals surface area contributed by atoms with Gasteiger partial charge in [0.05, 0.1) is 0 Å². The number of hydrogen-bond donors (Lipinski definition) is 0. The first kappa shape index (κ1) is 17.1. The van der Waals surface area contributed by atoms with Crippen LogP contribution in [-0.2, 0) is 20.9 Å². The smallest absolute Gasteiger partial charge is 0.246 e. The van der Waals surface area contributed by atoms with Gasteiger partial charge in [-0.25, -0.2) is 0 Å². The number of benzene rings is 1. The van der Waals surface area contributed by atoms with Gasteiger partial charge >= 0.3 is 0 Å². The van der Waals surface area contributed by atoms with Gasteiger partial charge in [-0.2, -0.15) is 0 Å². The fourth-order valence-corrected chi connectivity index (χ4v) is 3.91.